The SMILES string of the molecule is CCC/C=C/CC/C=C/C(O)C(COP(=O)(O)OCC[N+](C)(C)C)NC(=O)CCCCCCCCCCCCCCCCCCCCCCCCCCCCCCCCCCCCCCCCCC. The largest absolute Gasteiger partial charge is 0.472 e. The van der Waals surface area contributed by atoms with Crippen molar-refractivity contribution in [2.75, 3.05) is 40.9 Å². The van der Waals surface area contributed by atoms with Gasteiger partial charge in [-0.15, -0.1) is 0 Å². The predicted molar refractivity (Wildman–Crippen MR) is 300 cm³/mol. The van der Waals surface area contributed by atoms with Gasteiger partial charge in [-0.3, -0.25) is 13.8 Å². The molecule has 0 aliphatic rings. The second kappa shape index (κ2) is 51.9. The molecule has 0 rings (SSSR count). The molecule has 0 saturated carbocycles. The van der Waals surface area contributed by atoms with E-state index in [1.165, 1.54) is 238 Å². The number of aliphatic hydroxyl groups is 1. The molecule has 9 heteroatoms. The molecular weight excluding hydrogens is 876 g/mol. The molecule has 0 aliphatic heterocycles. The van der Waals surface area contributed by atoms with E-state index in [4.69, 9.17) is 9.05 Å². The van der Waals surface area contributed by atoms with Crippen LogP contribution in [-0.4, -0.2) is 73.4 Å². The van der Waals surface area contributed by atoms with Crippen LogP contribution in [0.4, 0.5) is 0 Å². The van der Waals surface area contributed by atoms with Gasteiger partial charge in [0.1, 0.15) is 13.2 Å². The lowest BCUT2D eigenvalue weighted by atomic mass is 10.0. The first-order valence-electron chi connectivity index (χ1n) is 30.2. The Bertz CT molecular complexity index is 1170. The molecule has 0 bridgehead atoms. The Morgan fingerprint density at radius 1 is 0.478 bits per heavy atom. The number of nitrogens with one attached hydrogen (secondary N) is 1. The van der Waals surface area contributed by atoms with Gasteiger partial charge in [0.05, 0.1) is 39.9 Å². The number of hydrogen-bond donors (Lipinski definition) is 3. The third-order valence-electron chi connectivity index (χ3n) is 13.9. The number of phosphoric acid groups is 1. The van der Waals surface area contributed by atoms with Crippen molar-refractivity contribution >= 4 is 13.7 Å². The van der Waals surface area contributed by atoms with Crippen LogP contribution in [0.15, 0.2) is 24.3 Å². The van der Waals surface area contributed by atoms with Gasteiger partial charge in [0, 0.05) is 6.42 Å². The lowest BCUT2D eigenvalue weighted by Crippen LogP contribution is -2.45. The Balaban J connectivity index is 3.68. The zero-order valence-corrected chi connectivity index (χ0v) is 47.7. The highest BCUT2D eigenvalue weighted by molar-refractivity contribution is 7.47. The van der Waals surface area contributed by atoms with Gasteiger partial charge in [0.2, 0.25) is 5.91 Å². The molecule has 0 heterocycles. The first-order valence-corrected chi connectivity index (χ1v) is 31.7. The van der Waals surface area contributed by atoms with Crippen LogP contribution in [0.5, 0.6) is 0 Å². The Morgan fingerprint density at radius 2 is 0.797 bits per heavy atom. The first kappa shape index (κ1) is 68.0. The summed E-state index contributed by atoms with van der Waals surface area (Å²) >= 11 is 0. The summed E-state index contributed by atoms with van der Waals surface area (Å²) in [5, 5.41) is 13.7. The summed E-state index contributed by atoms with van der Waals surface area (Å²) in [7, 11) is 1.56. The Kier molecular flexibility index (Phi) is 51.1. The molecule has 1 amide bonds. The van der Waals surface area contributed by atoms with Gasteiger partial charge in [0.25, 0.3) is 0 Å². The van der Waals surface area contributed by atoms with Crippen LogP contribution in [0.1, 0.15) is 303 Å². The van der Waals surface area contributed by atoms with E-state index < -0.39 is 20.0 Å². The number of hydrogen-bond acceptors (Lipinski definition) is 5. The zero-order valence-electron chi connectivity index (χ0n) is 46.8. The summed E-state index contributed by atoms with van der Waals surface area (Å²) in [5.74, 6) is -0.186. The molecule has 3 atom stereocenters. The monoisotopic (exact) mass is 996 g/mol. The van der Waals surface area contributed by atoms with Crippen molar-refractivity contribution in [3.63, 3.8) is 0 Å². The summed E-state index contributed by atoms with van der Waals surface area (Å²) in [6, 6.07) is -0.857. The Morgan fingerprint density at radius 3 is 1.13 bits per heavy atom. The molecule has 410 valence electrons. The van der Waals surface area contributed by atoms with Gasteiger partial charge in [-0.05, 0) is 25.7 Å². The first-order chi connectivity index (χ1) is 33.5. The zero-order chi connectivity index (χ0) is 50.6. The second-order valence-electron chi connectivity index (χ2n) is 22.1. The number of likely N-dealkylation sites (N-methyl/N-ethyl adjacent to an activating group) is 1. The molecule has 0 spiro atoms. The lowest BCUT2D eigenvalue weighted by molar-refractivity contribution is -0.870. The minimum atomic E-state index is -4.34. The van der Waals surface area contributed by atoms with Crippen LogP contribution in [0.2, 0.25) is 0 Å². The van der Waals surface area contributed by atoms with Crippen molar-refractivity contribution < 1.29 is 32.9 Å². The van der Waals surface area contributed by atoms with Crippen LogP contribution in [0.3, 0.4) is 0 Å². The highest BCUT2D eigenvalue weighted by atomic mass is 31.2. The molecule has 0 aromatic heterocycles. The minimum absolute atomic E-state index is 0.0576. The van der Waals surface area contributed by atoms with Crippen molar-refractivity contribution in [3.05, 3.63) is 24.3 Å². The molecule has 3 unspecified atom stereocenters. The van der Waals surface area contributed by atoms with E-state index in [0.29, 0.717) is 17.4 Å². The van der Waals surface area contributed by atoms with Crippen LogP contribution in [0, 0.1) is 0 Å². The second-order valence-corrected chi connectivity index (χ2v) is 23.5. The van der Waals surface area contributed by atoms with E-state index in [-0.39, 0.29) is 19.1 Å². The Labute approximate surface area is 430 Å². The third kappa shape index (κ3) is 54.6. The quantitative estimate of drug-likeness (QED) is 0.0243. The number of unbranched alkanes of at least 4 members (excludes halogenated alkanes) is 41. The maximum Gasteiger partial charge on any atom is 0.472 e. The fourth-order valence-corrected chi connectivity index (χ4v) is 9.92. The molecule has 0 aliphatic carbocycles. The van der Waals surface area contributed by atoms with E-state index in [0.717, 1.165) is 44.9 Å². The normalized spacial score (nSPS) is 14.0. The number of allylic oxidation sites excluding steroid dienone is 3. The average Bonchev–Trinajstić information content (AvgIpc) is 3.31. The van der Waals surface area contributed by atoms with Gasteiger partial charge in [-0.2, -0.15) is 0 Å². The molecule has 0 fully saturated rings. The fraction of sp³-hybridized carbons (Fsp3) is 0.917. The average molecular weight is 997 g/mol. The highest BCUT2D eigenvalue weighted by Crippen LogP contribution is 2.43. The number of carbonyl (C=O) groups is 1. The number of quaternary nitrogens is 1. The number of phosphoric ester groups is 1. The summed E-state index contributed by atoms with van der Waals surface area (Å²) in [6.45, 7) is 4.71. The van der Waals surface area contributed by atoms with E-state index in [1.807, 2.05) is 27.2 Å². The van der Waals surface area contributed by atoms with Crippen LogP contribution >= 0.6 is 7.82 Å². The molecular formula is C60H120N2O6P+. The van der Waals surface area contributed by atoms with Crippen molar-refractivity contribution in [1.29, 1.82) is 0 Å². The van der Waals surface area contributed by atoms with Crippen LogP contribution < -0.4 is 5.32 Å². The number of nitrogens with zero attached hydrogens (tertiary/aromatic N) is 1. The van der Waals surface area contributed by atoms with E-state index in [1.54, 1.807) is 6.08 Å². The van der Waals surface area contributed by atoms with Crippen molar-refractivity contribution in [2.24, 2.45) is 0 Å². The molecule has 0 radical (unpaired) electrons. The molecule has 8 nitrogen and oxygen atoms in total. The fourth-order valence-electron chi connectivity index (χ4n) is 9.19. The van der Waals surface area contributed by atoms with Crippen molar-refractivity contribution in [1.82, 2.24) is 5.32 Å². The smallest absolute Gasteiger partial charge is 0.387 e. The van der Waals surface area contributed by atoms with Gasteiger partial charge < -0.3 is 19.8 Å². The third-order valence-corrected chi connectivity index (χ3v) is 14.9. The molecule has 0 aromatic rings. The lowest BCUT2D eigenvalue weighted by Gasteiger charge is -2.25. The summed E-state index contributed by atoms with van der Waals surface area (Å²) in [5.41, 5.74) is 0. The predicted octanol–water partition coefficient (Wildman–Crippen LogP) is 18.4. The van der Waals surface area contributed by atoms with E-state index >= 15 is 0 Å². The number of rotatable bonds is 56. The Hall–Kier alpha value is -1.02. The molecule has 0 aromatic carbocycles. The summed E-state index contributed by atoms with van der Waals surface area (Å²) in [4.78, 5) is 23.1. The number of aliphatic hydroxyl groups excluding tert-OH is 1. The minimum Gasteiger partial charge on any atom is -0.387 e. The molecule has 0 saturated heterocycles. The van der Waals surface area contributed by atoms with Gasteiger partial charge in [-0.1, -0.05) is 295 Å². The standard InChI is InChI=1S/C60H119N2O6P/c1-6-8-10-12-14-15-16-17-18-19-20-21-22-23-24-25-26-27-28-29-30-31-32-33-34-35-36-37-38-39-40-41-42-43-44-45-46-48-50-52-54-60(64)61-58(59(63)53-51-49-47-13-11-9-7-2)57-68-69(65,66)67-56-55-62(3,4)5/h11,13,51,53,58-59,63H,6-10,12,14-50,52,54-57H2,1-5H3,(H-,61,64,65,66)/p+1/b13-11+,53-51+. The molecule has 69 heavy (non-hydrogen) atoms. The maximum absolute atomic E-state index is 12.9. The topological polar surface area (TPSA) is 105 Å². The van der Waals surface area contributed by atoms with Crippen LogP contribution in [0.25, 0.3) is 0 Å². The van der Waals surface area contributed by atoms with Gasteiger partial charge in [0.15, 0.2) is 0 Å². The van der Waals surface area contributed by atoms with Crippen LogP contribution in [-0.2, 0) is 18.4 Å². The summed E-state index contributed by atoms with van der Waals surface area (Å²) in [6.07, 6.45) is 66.6. The number of carbonyl (C=O) groups excluding carboxylic acids is 1. The molecule has 3 N–H and O–H groups in total. The van der Waals surface area contributed by atoms with Gasteiger partial charge in [-0.25, -0.2) is 4.57 Å². The van der Waals surface area contributed by atoms with Crippen molar-refractivity contribution in [2.45, 2.75) is 315 Å². The highest BCUT2D eigenvalue weighted by Gasteiger charge is 2.27. The summed E-state index contributed by atoms with van der Waals surface area (Å²) < 4.78 is 23.5. The number of amides is 1. The van der Waals surface area contributed by atoms with E-state index in [9.17, 15) is 19.4 Å². The maximum atomic E-state index is 12.9. The van der Waals surface area contributed by atoms with E-state index in [2.05, 4.69) is 31.3 Å². The van der Waals surface area contributed by atoms with Crippen molar-refractivity contribution in [3.8, 4) is 0 Å². The van der Waals surface area contributed by atoms with Gasteiger partial charge >= 0.3 is 7.82 Å².